The molecule has 4 nitrogen and oxygen atoms in total. The van der Waals surface area contributed by atoms with Crippen molar-refractivity contribution in [3.8, 4) is 0 Å². The largest absolute Gasteiger partial charge is 0.334 e. The molecule has 6 heteroatoms. The summed E-state index contributed by atoms with van der Waals surface area (Å²) in [5.41, 5.74) is 2.29. The first-order chi connectivity index (χ1) is 10.3. The lowest BCUT2D eigenvalue weighted by molar-refractivity contribution is 0.596. The predicted molar refractivity (Wildman–Crippen MR) is 89.8 cm³/mol. The number of rotatable bonds is 2. The Labute approximate surface area is 137 Å². The minimum atomic E-state index is -3.60. The lowest BCUT2D eigenvalue weighted by Crippen LogP contribution is -2.04. The van der Waals surface area contributed by atoms with E-state index in [1.807, 2.05) is 26.1 Å². The number of pyridine rings is 1. The number of hydrogen-bond acceptors (Lipinski definition) is 3. The standard InChI is InChI=1S/C16H15BrN2O2S/c1-10-6-7-18-16-15(10)14(9-19(16)3)22(20,21)13-5-4-12(17)8-11(13)2/h4-9H,1-3H3. The molecule has 0 aliphatic rings. The van der Waals surface area contributed by atoms with Crippen molar-refractivity contribution in [1.29, 1.82) is 0 Å². The zero-order valence-corrected chi connectivity index (χ0v) is 14.9. The van der Waals surface area contributed by atoms with Crippen LogP contribution in [0.3, 0.4) is 0 Å². The van der Waals surface area contributed by atoms with Crippen molar-refractivity contribution < 1.29 is 8.42 Å². The number of sulfone groups is 1. The molecule has 3 rings (SSSR count). The highest BCUT2D eigenvalue weighted by Crippen LogP contribution is 2.32. The fourth-order valence-corrected chi connectivity index (χ4v) is 4.91. The zero-order chi connectivity index (χ0) is 16.1. The maximum Gasteiger partial charge on any atom is 0.209 e. The van der Waals surface area contributed by atoms with Gasteiger partial charge in [0.25, 0.3) is 0 Å². The molecular weight excluding hydrogens is 364 g/mol. The molecule has 0 amide bonds. The van der Waals surface area contributed by atoms with E-state index in [2.05, 4.69) is 20.9 Å². The third-order valence-electron chi connectivity index (χ3n) is 3.75. The summed E-state index contributed by atoms with van der Waals surface area (Å²) in [6.07, 6.45) is 3.33. The maximum atomic E-state index is 13.1. The lowest BCUT2D eigenvalue weighted by Gasteiger charge is -2.08. The van der Waals surface area contributed by atoms with Gasteiger partial charge >= 0.3 is 0 Å². The first kappa shape index (κ1) is 15.2. The van der Waals surface area contributed by atoms with E-state index >= 15 is 0 Å². The molecule has 0 saturated heterocycles. The van der Waals surface area contributed by atoms with Crippen LogP contribution in [0.1, 0.15) is 11.1 Å². The second-order valence-corrected chi connectivity index (χ2v) is 8.15. The van der Waals surface area contributed by atoms with E-state index in [4.69, 9.17) is 0 Å². The van der Waals surface area contributed by atoms with Gasteiger partial charge in [-0.15, -0.1) is 0 Å². The fraction of sp³-hybridized carbons (Fsp3) is 0.188. The molecule has 2 aromatic heterocycles. The van der Waals surface area contributed by atoms with Crippen LogP contribution in [-0.2, 0) is 16.9 Å². The normalized spacial score (nSPS) is 12.0. The molecule has 0 spiro atoms. The summed E-state index contributed by atoms with van der Waals surface area (Å²) in [6.45, 7) is 3.70. The highest BCUT2D eigenvalue weighted by molar-refractivity contribution is 9.10. The zero-order valence-electron chi connectivity index (χ0n) is 12.5. The van der Waals surface area contributed by atoms with Crippen molar-refractivity contribution in [2.24, 2.45) is 7.05 Å². The summed E-state index contributed by atoms with van der Waals surface area (Å²) in [5.74, 6) is 0. The van der Waals surface area contributed by atoms with E-state index in [1.54, 1.807) is 36.0 Å². The second-order valence-electron chi connectivity index (χ2n) is 5.34. The molecule has 0 atom stereocenters. The minimum Gasteiger partial charge on any atom is -0.334 e. The molecule has 22 heavy (non-hydrogen) atoms. The summed E-state index contributed by atoms with van der Waals surface area (Å²) < 4.78 is 28.8. The van der Waals surface area contributed by atoms with Crippen molar-refractivity contribution in [3.63, 3.8) is 0 Å². The smallest absolute Gasteiger partial charge is 0.209 e. The van der Waals surface area contributed by atoms with Gasteiger partial charge in [0.1, 0.15) is 5.65 Å². The highest BCUT2D eigenvalue weighted by Gasteiger charge is 2.25. The van der Waals surface area contributed by atoms with E-state index in [0.717, 1.165) is 10.0 Å². The van der Waals surface area contributed by atoms with Gasteiger partial charge in [-0.25, -0.2) is 13.4 Å². The van der Waals surface area contributed by atoms with Gasteiger partial charge in [0, 0.05) is 29.3 Å². The van der Waals surface area contributed by atoms with Crippen LogP contribution in [0.5, 0.6) is 0 Å². The first-order valence-electron chi connectivity index (χ1n) is 6.74. The van der Waals surface area contributed by atoms with Gasteiger partial charge in [0.05, 0.1) is 9.79 Å². The van der Waals surface area contributed by atoms with Gasteiger partial charge in [0.2, 0.25) is 9.84 Å². The van der Waals surface area contributed by atoms with Gasteiger partial charge in [-0.2, -0.15) is 0 Å². The van der Waals surface area contributed by atoms with E-state index in [9.17, 15) is 8.42 Å². The number of fused-ring (bicyclic) bond motifs is 1. The topological polar surface area (TPSA) is 52.0 Å². The second kappa shape index (κ2) is 5.21. The van der Waals surface area contributed by atoms with Crippen molar-refractivity contribution in [2.45, 2.75) is 23.6 Å². The Kier molecular flexibility index (Phi) is 3.61. The summed E-state index contributed by atoms with van der Waals surface area (Å²) in [5, 5.41) is 0.687. The Balaban J connectivity index is 2.35. The summed E-state index contributed by atoms with van der Waals surface area (Å²) in [6, 6.07) is 7.02. The molecule has 0 fully saturated rings. The molecule has 0 unspecified atom stereocenters. The molecule has 2 heterocycles. The van der Waals surface area contributed by atoms with Crippen LogP contribution in [0.25, 0.3) is 11.0 Å². The number of aromatic nitrogens is 2. The highest BCUT2D eigenvalue weighted by atomic mass is 79.9. The Bertz CT molecular complexity index is 991. The molecule has 3 aromatic rings. The predicted octanol–water partition coefficient (Wildman–Crippen LogP) is 3.79. The van der Waals surface area contributed by atoms with E-state index in [-0.39, 0.29) is 0 Å². The lowest BCUT2D eigenvalue weighted by atomic mass is 10.2. The molecule has 0 radical (unpaired) electrons. The van der Waals surface area contributed by atoms with Crippen LogP contribution in [0.15, 0.2) is 50.9 Å². The number of hydrogen-bond donors (Lipinski definition) is 0. The van der Waals surface area contributed by atoms with Crippen LogP contribution in [-0.4, -0.2) is 18.0 Å². The van der Waals surface area contributed by atoms with Gasteiger partial charge in [-0.1, -0.05) is 15.9 Å². The summed E-state index contributed by atoms with van der Waals surface area (Å²) in [4.78, 5) is 4.93. The molecular formula is C16H15BrN2O2S. The van der Waals surface area contributed by atoms with Crippen LogP contribution in [0.4, 0.5) is 0 Å². The quantitative estimate of drug-likeness (QED) is 0.681. The molecule has 0 bridgehead atoms. The monoisotopic (exact) mass is 378 g/mol. The number of halogens is 1. The molecule has 0 aliphatic carbocycles. The van der Waals surface area contributed by atoms with Gasteiger partial charge < -0.3 is 4.57 Å². The third-order valence-corrected chi connectivity index (χ3v) is 6.17. The summed E-state index contributed by atoms with van der Waals surface area (Å²) >= 11 is 3.37. The van der Waals surface area contributed by atoms with Crippen LogP contribution in [0, 0.1) is 13.8 Å². The van der Waals surface area contributed by atoms with Crippen molar-refractivity contribution in [1.82, 2.24) is 9.55 Å². The van der Waals surface area contributed by atoms with E-state index < -0.39 is 9.84 Å². The van der Waals surface area contributed by atoms with Crippen LogP contribution < -0.4 is 0 Å². The van der Waals surface area contributed by atoms with Gasteiger partial charge in [0.15, 0.2) is 0 Å². The molecule has 0 saturated carbocycles. The van der Waals surface area contributed by atoms with Crippen LogP contribution in [0.2, 0.25) is 0 Å². The number of nitrogens with zero attached hydrogens (tertiary/aromatic N) is 2. The SMILES string of the molecule is Cc1cc(Br)ccc1S(=O)(=O)c1cn(C)c2nccc(C)c12. The first-order valence-corrected chi connectivity index (χ1v) is 9.02. The average molecular weight is 379 g/mol. The molecule has 0 aliphatic heterocycles. The Morgan fingerprint density at radius 2 is 1.82 bits per heavy atom. The fourth-order valence-electron chi connectivity index (χ4n) is 2.65. The number of benzene rings is 1. The Morgan fingerprint density at radius 3 is 2.50 bits per heavy atom. The Hall–Kier alpha value is -1.66. The molecule has 0 N–H and O–H groups in total. The van der Waals surface area contributed by atoms with Crippen LogP contribution >= 0.6 is 15.9 Å². The minimum absolute atomic E-state index is 0.307. The third kappa shape index (κ3) is 2.27. The van der Waals surface area contributed by atoms with E-state index in [1.165, 1.54) is 0 Å². The maximum absolute atomic E-state index is 13.1. The summed E-state index contributed by atoms with van der Waals surface area (Å²) in [7, 11) is -1.79. The molecule has 114 valence electrons. The average Bonchev–Trinajstić information content (AvgIpc) is 2.78. The van der Waals surface area contributed by atoms with Crippen molar-refractivity contribution >= 4 is 36.8 Å². The van der Waals surface area contributed by atoms with Gasteiger partial charge in [-0.3, -0.25) is 0 Å². The number of aryl methyl sites for hydroxylation is 3. The molecule has 1 aromatic carbocycles. The van der Waals surface area contributed by atoms with Crippen molar-refractivity contribution in [2.75, 3.05) is 0 Å². The Morgan fingerprint density at radius 1 is 1.09 bits per heavy atom. The van der Waals surface area contributed by atoms with Gasteiger partial charge in [-0.05, 0) is 49.2 Å². The van der Waals surface area contributed by atoms with Crippen molar-refractivity contribution in [3.05, 3.63) is 52.3 Å². The van der Waals surface area contributed by atoms with E-state index in [0.29, 0.717) is 26.4 Å².